The lowest BCUT2D eigenvalue weighted by atomic mass is 9.98. The summed E-state index contributed by atoms with van der Waals surface area (Å²) >= 11 is 8.52. The molecule has 0 spiro atoms. The van der Waals surface area contributed by atoms with Gasteiger partial charge in [0.1, 0.15) is 11.6 Å². The molecule has 0 fully saturated rings. The summed E-state index contributed by atoms with van der Waals surface area (Å²) < 4.78 is 30.7. The van der Waals surface area contributed by atoms with E-state index in [4.69, 9.17) is 0 Å². The minimum Gasteiger partial charge on any atom is -0.206 e. The Balaban J connectivity index is 1.53. The van der Waals surface area contributed by atoms with E-state index in [0.717, 1.165) is 35.8 Å². The molecule has 0 saturated carbocycles. The third kappa shape index (κ3) is 5.26. The number of benzene rings is 4. The summed E-state index contributed by atoms with van der Waals surface area (Å²) in [6.45, 7) is 0. The average molecular weight is 860 g/mol. The smallest absolute Gasteiger partial charge is 0.137 e. The topological polar surface area (TPSA) is 0 Å². The molecule has 0 N–H and O–H groups in total. The van der Waals surface area contributed by atoms with E-state index in [1.807, 2.05) is 12.1 Å². The van der Waals surface area contributed by atoms with Gasteiger partial charge in [0.15, 0.2) is 0 Å². The Morgan fingerprint density at radius 2 is 0.806 bits per heavy atom. The Kier molecular flexibility index (Phi) is 7.90. The maximum absolute atomic E-state index is 13.7. The van der Waals surface area contributed by atoms with Crippen LogP contribution in [0.1, 0.15) is 11.1 Å². The first-order valence-corrected chi connectivity index (χ1v) is 13.6. The van der Waals surface area contributed by atoms with Crippen LogP contribution in [0.25, 0.3) is 22.3 Å². The van der Waals surface area contributed by atoms with E-state index < -0.39 is 0 Å². The fraction of sp³-hybridized carbons (Fsp3) is 0.0400. The van der Waals surface area contributed by atoms with E-state index in [9.17, 15) is 8.78 Å². The predicted octanol–water partition coefficient (Wildman–Crippen LogP) is 9.31. The average Bonchev–Trinajstić information content (AvgIpc) is 2.78. The Labute approximate surface area is 234 Å². The van der Waals surface area contributed by atoms with Crippen molar-refractivity contribution in [1.29, 1.82) is 0 Å². The van der Waals surface area contributed by atoms with Crippen LogP contribution in [0.3, 0.4) is 0 Å². The highest BCUT2D eigenvalue weighted by atomic mass is 127. The van der Waals surface area contributed by atoms with Crippen LogP contribution in [-0.4, -0.2) is 0 Å². The van der Waals surface area contributed by atoms with Gasteiger partial charge >= 0.3 is 0 Å². The second-order valence-electron chi connectivity index (χ2n) is 7.02. The zero-order chi connectivity index (χ0) is 22.1. The third-order valence-corrected chi connectivity index (χ3v) is 11.4. The van der Waals surface area contributed by atoms with Gasteiger partial charge in [0.2, 0.25) is 0 Å². The Morgan fingerprint density at radius 3 is 1.16 bits per heavy atom. The lowest BCUT2D eigenvalue weighted by Crippen LogP contribution is -1.93. The van der Waals surface area contributed by atoms with Crippen molar-refractivity contribution in [3.63, 3.8) is 0 Å². The summed E-state index contributed by atoms with van der Waals surface area (Å²) in [6.07, 6.45) is 0.830. The van der Waals surface area contributed by atoms with Crippen LogP contribution in [-0.2, 0) is 6.42 Å². The van der Waals surface area contributed by atoms with Gasteiger partial charge in [0, 0.05) is 7.14 Å². The van der Waals surface area contributed by atoms with Crippen molar-refractivity contribution < 1.29 is 8.78 Å². The molecule has 4 aromatic rings. The molecular weight excluding hydrogens is 846 g/mol. The van der Waals surface area contributed by atoms with Crippen LogP contribution < -0.4 is 0 Å². The standard InChI is InChI=1S/C25H14F2I4/c26-20-11-9-18(22(28)24(20)30)16-5-1-14(2-6-16)13-15-3-7-17(8-4-15)19-10-12-21(27)25(31)23(19)29/h1-12H,13H2. The molecule has 0 heterocycles. The van der Waals surface area contributed by atoms with Gasteiger partial charge < -0.3 is 0 Å². The first kappa shape index (κ1) is 23.8. The first-order chi connectivity index (χ1) is 14.8. The molecule has 6 heteroatoms. The number of rotatable bonds is 4. The molecule has 31 heavy (non-hydrogen) atoms. The maximum Gasteiger partial charge on any atom is 0.137 e. The van der Waals surface area contributed by atoms with Gasteiger partial charge in [-0.05, 0) is 142 Å². The molecule has 0 aliphatic carbocycles. The number of halogens is 6. The highest BCUT2D eigenvalue weighted by Crippen LogP contribution is 2.32. The van der Waals surface area contributed by atoms with E-state index >= 15 is 0 Å². The van der Waals surface area contributed by atoms with Crippen molar-refractivity contribution in [2.24, 2.45) is 0 Å². The molecule has 156 valence electrons. The summed E-state index contributed by atoms with van der Waals surface area (Å²) in [6, 6.07) is 23.6. The monoisotopic (exact) mass is 860 g/mol. The lowest BCUT2D eigenvalue weighted by Gasteiger charge is -2.10. The van der Waals surface area contributed by atoms with Crippen molar-refractivity contribution in [3.05, 3.63) is 110 Å². The van der Waals surface area contributed by atoms with Gasteiger partial charge in [-0.2, -0.15) is 0 Å². The normalized spacial score (nSPS) is 11.0. The summed E-state index contributed by atoms with van der Waals surface area (Å²) in [5, 5.41) is 0. The molecule has 0 unspecified atom stereocenters. The van der Waals surface area contributed by atoms with E-state index in [-0.39, 0.29) is 11.6 Å². The van der Waals surface area contributed by atoms with Crippen LogP contribution in [0.15, 0.2) is 72.8 Å². The summed E-state index contributed by atoms with van der Waals surface area (Å²) in [4.78, 5) is 0. The summed E-state index contributed by atoms with van der Waals surface area (Å²) in [5.74, 6) is -0.363. The lowest BCUT2D eigenvalue weighted by molar-refractivity contribution is 0.619. The second-order valence-corrected chi connectivity index (χ2v) is 11.3. The minimum absolute atomic E-state index is 0.182. The molecule has 4 aromatic carbocycles. The van der Waals surface area contributed by atoms with E-state index in [2.05, 4.69) is 139 Å². The van der Waals surface area contributed by atoms with Crippen LogP contribution in [0.4, 0.5) is 8.78 Å². The molecule has 0 radical (unpaired) electrons. The molecular formula is C25H14F2I4. The maximum atomic E-state index is 13.7. The Morgan fingerprint density at radius 1 is 0.452 bits per heavy atom. The van der Waals surface area contributed by atoms with Crippen molar-refractivity contribution >= 4 is 90.4 Å². The van der Waals surface area contributed by atoms with Crippen LogP contribution >= 0.6 is 90.4 Å². The molecule has 0 amide bonds. The fourth-order valence-electron chi connectivity index (χ4n) is 3.34. The van der Waals surface area contributed by atoms with Gasteiger partial charge in [-0.1, -0.05) is 60.7 Å². The molecule has 0 nitrogen and oxygen atoms in total. The van der Waals surface area contributed by atoms with E-state index in [1.54, 1.807) is 0 Å². The van der Waals surface area contributed by atoms with Crippen molar-refractivity contribution in [3.8, 4) is 22.3 Å². The molecule has 4 rings (SSSR count). The SMILES string of the molecule is Fc1ccc(-c2ccc(Cc3ccc(-c4ccc(F)c(I)c4I)cc3)cc2)c(I)c1I. The van der Waals surface area contributed by atoms with Gasteiger partial charge in [-0.25, -0.2) is 8.78 Å². The second kappa shape index (κ2) is 10.3. The van der Waals surface area contributed by atoms with Crippen molar-refractivity contribution in [1.82, 2.24) is 0 Å². The third-order valence-electron chi connectivity index (χ3n) is 5.01. The summed E-state index contributed by atoms with van der Waals surface area (Å²) in [5.41, 5.74) is 6.70. The molecule has 0 aliphatic rings. The zero-order valence-electron chi connectivity index (χ0n) is 15.9. The zero-order valence-corrected chi connectivity index (χ0v) is 24.5. The van der Waals surface area contributed by atoms with Gasteiger partial charge in [0.05, 0.1) is 7.14 Å². The Hall–Kier alpha value is -0.340. The quantitative estimate of drug-likeness (QED) is 0.142. The van der Waals surface area contributed by atoms with Crippen LogP contribution in [0.2, 0.25) is 0 Å². The molecule has 0 saturated heterocycles. The van der Waals surface area contributed by atoms with Crippen molar-refractivity contribution in [2.45, 2.75) is 6.42 Å². The fourth-order valence-corrected chi connectivity index (χ4v) is 5.78. The van der Waals surface area contributed by atoms with Crippen molar-refractivity contribution in [2.75, 3.05) is 0 Å². The van der Waals surface area contributed by atoms with Gasteiger partial charge in [-0.15, -0.1) is 0 Å². The molecule has 0 atom stereocenters. The molecule has 0 aliphatic heterocycles. The van der Waals surface area contributed by atoms with Crippen LogP contribution in [0, 0.1) is 25.9 Å². The molecule has 0 aromatic heterocycles. The summed E-state index contributed by atoms with van der Waals surface area (Å²) in [7, 11) is 0. The van der Waals surface area contributed by atoms with E-state index in [1.165, 1.54) is 23.3 Å². The largest absolute Gasteiger partial charge is 0.206 e. The predicted molar refractivity (Wildman–Crippen MR) is 157 cm³/mol. The minimum atomic E-state index is -0.182. The number of hydrogen-bond donors (Lipinski definition) is 0. The number of hydrogen-bond acceptors (Lipinski definition) is 0. The van der Waals surface area contributed by atoms with Gasteiger partial charge in [-0.3, -0.25) is 0 Å². The first-order valence-electron chi connectivity index (χ1n) is 9.31. The molecule has 0 bridgehead atoms. The Bertz CT molecular complexity index is 1150. The highest BCUT2D eigenvalue weighted by Gasteiger charge is 2.12. The van der Waals surface area contributed by atoms with Gasteiger partial charge in [0.25, 0.3) is 0 Å². The van der Waals surface area contributed by atoms with Crippen LogP contribution in [0.5, 0.6) is 0 Å². The highest BCUT2D eigenvalue weighted by molar-refractivity contribution is 14.1. The van der Waals surface area contributed by atoms with E-state index in [0.29, 0.717) is 7.14 Å².